The fraction of sp³-hybridized carbons (Fsp3) is 0.875. The van der Waals surface area contributed by atoms with Gasteiger partial charge < -0.3 is 15.0 Å². The van der Waals surface area contributed by atoms with Gasteiger partial charge >= 0.3 is 0 Å². The Hall–Kier alpha value is -1.10. The topological polar surface area (TPSA) is 58.6 Å². The Morgan fingerprint density at radius 3 is 2.57 bits per heavy atom. The van der Waals surface area contributed by atoms with E-state index in [4.69, 9.17) is 4.74 Å². The second-order valence-electron chi connectivity index (χ2n) is 6.45. The number of ether oxygens (including phenoxy) is 1. The van der Waals surface area contributed by atoms with Crippen molar-refractivity contribution >= 4 is 11.8 Å². The van der Waals surface area contributed by atoms with Crippen LogP contribution in [0.2, 0.25) is 0 Å². The van der Waals surface area contributed by atoms with E-state index in [0.29, 0.717) is 31.8 Å². The molecule has 5 heteroatoms. The molecule has 1 aliphatic rings. The van der Waals surface area contributed by atoms with Crippen LogP contribution in [0.4, 0.5) is 0 Å². The minimum absolute atomic E-state index is 0.0142. The lowest BCUT2D eigenvalue weighted by Gasteiger charge is -2.25. The Morgan fingerprint density at radius 1 is 1.24 bits per heavy atom. The average molecular weight is 298 g/mol. The summed E-state index contributed by atoms with van der Waals surface area (Å²) in [5, 5.41) is 2.85. The molecule has 1 aliphatic heterocycles. The molecule has 122 valence electrons. The Kier molecular flexibility index (Phi) is 7.72. The Labute approximate surface area is 128 Å². The van der Waals surface area contributed by atoms with Gasteiger partial charge in [-0.3, -0.25) is 9.59 Å². The number of carbonyl (C=O) groups is 2. The van der Waals surface area contributed by atoms with Crippen molar-refractivity contribution in [2.24, 2.45) is 5.92 Å². The smallest absolute Gasteiger partial charge is 0.245 e. The van der Waals surface area contributed by atoms with Crippen LogP contribution in [0.25, 0.3) is 0 Å². The second kappa shape index (κ2) is 9.03. The molecule has 5 nitrogen and oxygen atoms in total. The lowest BCUT2D eigenvalue weighted by molar-refractivity contribution is -0.134. The number of unbranched alkanes of at least 4 members (excludes halogenated alkanes) is 1. The second-order valence-corrected chi connectivity index (χ2v) is 6.45. The highest BCUT2D eigenvalue weighted by atomic mass is 16.5. The van der Waals surface area contributed by atoms with Gasteiger partial charge in [-0.2, -0.15) is 0 Å². The van der Waals surface area contributed by atoms with Crippen LogP contribution in [0.1, 0.15) is 53.4 Å². The molecule has 1 unspecified atom stereocenters. The fourth-order valence-corrected chi connectivity index (χ4v) is 2.47. The summed E-state index contributed by atoms with van der Waals surface area (Å²) in [4.78, 5) is 26.0. The van der Waals surface area contributed by atoms with Crippen molar-refractivity contribution in [1.29, 1.82) is 0 Å². The molecule has 0 radical (unpaired) electrons. The van der Waals surface area contributed by atoms with Crippen LogP contribution in [0.15, 0.2) is 0 Å². The van der Waals surface area contributed by atoms with Gasteiger partial charge in [0.25, 0.3) is 0 Å². The Morgan fingerprint density at radius 2 is 1.95 bits per heavy atom. The molecule has 0 saturated carbocycles. The normalized spacial score (nSPS) is 20.1. The molecule has 0 aromatic heterocycles. The number of hydrogen-bond donors (Lipinski definition) is 1. The lowest BCUT2D eigenvalue weighted by atomic mass is 10.0. The van der Waals surface area contributed by atoms with Crippen LogP contribution in [0.3, 0.4) is 0 Å². The zero-order valence-electron chi connectivity index (χ0n) is 13.9. The highest BCUT2D eigenvalue weighted by Gasteiger charge is 2.29. The molecular formula is C16H30N2O3. The maximum Gasteiger partial charge on any atom is 0.245 e. The quantitative estimate of drug-likeness (QED) is 0.697. The van der Waals surface area contributed by atoms with Crippen LogP contribution < -0.4 is 5.32 Å². The number of nitrogens with one attached hydrogen (secondary N) is 1. The first-order chi connectivity index (χ1) is 9.90. The molecule has 1 rings (SSSR count). The van der Waals surface area contributed by atoms with Crippen LogP contribution >= 0.6 is 0 Å². The summed E-state index contributed by atoms with van der Waals surface area (Å²) in [6.07, 6.45) is 3.22. The zero-order valence-corrected chi connectivity index (χ0v) is 13.9. The summed E-state index contributed by atoms with van der Waals surface area (Å²) in [6.45, 7) is 10.1. The van der Waals surface area contributed by atoms with E-state index < -0.39 is 0 Å². The maximum atomic E-state index is 12.5. The van der Waals surface area contributed by atoms with Gasteiger partial charge in [-0.25, -0.2) is 0 Å². The van der Waals surface area contributed by atoms with Crippen LogP contribution in [0.5, 0.6) is 0 Å². The molecular weight excluding hydrogens is 268 g/mol. The van der Waals surface area contributed by atoms with E-state index >= 15 is 0 Å². The number of amides is 2. The third-order valence-electron chi connectivity index (χ3n) is 3.53. The van der Waals surface area contributed by atoms with Gasteiger partial charge in [0.05, 0.1) is 6.10 Å². The molecule has 2 amide bonds. The minimum Gasteiger partial charge on any atom is -0.379 e. The van der Waals surface area contributed by atoms with Gasteiger partial charge in [0.2, 0.25) is 11.8 Å². The Balaban J connectivity index is 2.44. The fourth-order valence-electron chi connectivity index (χ4n) is 2.47. The maximum absolute atomic E-state index is 12.5. The van der Waals surface area contributed by atoms with Crippen molar-refractivity contribution in [2.75, 3.05) is 19.7 Å². The monoisotopic (exact) mass is 298 g/mol. The van der Waals surface area contributed by atoms with E-state index in [9.17, 15) is 9.59 Å². The van der Waals surface area contributed by atoms with Gasteiger partial charge in [0, 0.05) is 26.1 Å². The summed E-state index contributed by atoms with van der Waals surface area (Å²) < 4.78 is 5.50. The highest BCUT2D eigenvalue weighted by molar-refractivity contribution is 5.89. The van der Waals surface area contributed by atoms with E-state index in [1.165, 1.54) is 0 Å². The molecule has 1 N–H and O–H groups in total. The van der Waals surface area contributed by atoms with Crippen LogP contribution in [-0.2, 0) is 14.3 Å². The average Bonchev–Trinajstić information content (AvgIpc) is 2.50. The van der Waals surface area contributed by atoms with Crippen molar-refractivity contribution in [3.63, 3.8) is 0 Å². The van der Waals surface area contributed by atoms with Crippen molar-refractivity contribution in [1.82, 2.24) is 10.2 Å². The standard InChI is InChI=1S/C16H30N2O3/c1-12(2)11-14-16(20)18(9-7-15(19)17-14)8-5-6-10-21-13(3)4/h12-14H,5-11H2,1-4H3,(H,17,19). The predicted molar refractivity (Wildman–Crippen MR) is 82.9 cm³/mol. The first kappa shape index (κ1) is 18.0. The van der Waals surface area contributed by atoms with E-state index in [0.717, 1.165) is 19.4 Å². The molecule has 21 heavy (non-hydrogen) atoms. The van der Waals surface area contributed by atoms with Gasteiger partial charge in [-0.1, -0.05) is 13.8 Å². The molecule has 1 heterocycles. The van der Waals surface area contributed by atoms with Gasteiger partial charge in [0.15, 0.2) is 0 Å². The third-order valence-corrected chi connectivity index (χ3v) is 3.53. The van der Waals surface area contributed by atoms with E-state index in [-0.39, 0.29) is 24.0 Å². The molecule has 0 spiro atoms. The third kappa shape index (κ3) is 6.93. The van der Waals surface area contributed by atoms with E-state index in [1.807, 2.05) is 18.7 Å². The first-order valence-electron chi connectivity index (χ1n) is 8.10. The summed E-state index contributed by atoms with van der Waals surface area (Å²) >= 11 is 0. The number of hydrogen-bond acceptors (Lipinski definition) is 3. The van der Waals surface area contributed by atoms with Crippen LogP contribution in [-0.4, -0.2) is 48.6 Å². The zero-order chi connectivity index (χ0) is 15.8. The molecule has 1 fully saturated rings. The Bertz CT molecular complexity index is 342. The highest BCUT2D eigenvalue weighted by Crippen LogP contribution is 2.12. The SMILES string of the molecule is CC(C)CC1NC(=O)CCN(CCCCOC(C)C)C1=O. The van der Waals surface area contributed by atoms with E-state index in [2.05, 4.69) is 19.2 Å². The number of carbonyl (C=O) groups excluding carboxylic acids is 2. The van der Waals surface area contributed by atoms with Gasteiger partial charge in [-0.15, -0.1) is 0 Å². The minimum atomic E-state index is -0.355. The number of nitrogens with zero attached hydrogens (tertiary/aromatic N) is 1. The van der Waals surface area contributed by atoms with Crippen molar-refractivity contribution < 1.29 is 14.3 Å². The van der Waals surface area contributed by atoms with Crippen molar-refractivity contribution in [3.8, 4) is 0 Å². The number of rotatable bonds is 8. The molecule has 0 aliphatic carbocycles. The van der Waals surface area contributed by atoms with Crippen LogP contribution in [0, 0.1) is 5.92 Å². The first-order valence-corrected chi connectivity index (χ1v) is 8.10. The van der Waals surface area contributed by atoms with E-state index in [1.54, 1.807) is 0 Å². The molecule has 1 atom stereocenters. The molecule has 1 saturated heterocycles. The molecule has 0 aromatic rings. The largest absolute Gasteiger partial charge is 0.379 e. The van der Waals surface area contributed by atoms with Crippen molar-refractivity contribution in [3.05, 3.63) is 0 Å². The summed E-state index contributed by atoms with van der Waals surface area (Å²) in [5.74, 6) is 0.442. The van der Waals surface area contributed by atoms with Gasteiger partial charge in [-0.05, 0) is 39.0 Å². The molecule has 0 bridgehead atoms. The summed E-state index contributed by atoms with van der Waals surface area (Å²) in [6, 6.07) is -0.355. The predicted octanol–water partition coefficient (Wildman–Crippen LogP) is 1.95. The summed E-state index contributed by atoms with van der Waals surface area (Å²) in [7, 11) is 0. The van der Waals surface area contributed by atoms with Crippen molar-refractivity contribution in [2.45, 2.75) is 65.5 Å². The molecule has 0 aromatic carbocycles. The summed E-state index contributed by atoms with van der Waals surface area (Å²) in [5.41, 5.74) is 0. The van der Waals surface area contributed by atoms with Gasteiger partial charge in [0.1, 0.15) is 6.04 Å². The lowest BCUT2D eigenvalue weighted by Crippen LogP contribution is -2.45.